The van der Waals surface area contributed by atoms with E-state index in [9.17, 15) is 0 Å². The average molecular weight is 273 g/mol. The molecule has 1 atom stereocenters. The minimum Gasteiger partial charge on any atom is -0.0649 e. The zero-order valence-electron chi connectivity index (χ0n) is 14.6. The molecule has 0 amide bonds. The van der Waals surface area contributed by atoms with E-state index in [-0.39, 0.29) is 0 Å². The molecule has 18 heavy (non-hydrogen) atoms. The van der Waals surface area contributed by atoms with E-state index in [4.69, 9.17) is 0 Å². The summed E-state index contributed by atoms with van der Waals surface area (Å²) in [7, 11) is -0.733. The molecule has 0 radical (unpaired) electrons. The van der Waals surface area contributed by atoms with Crippen LogP contribution in [0.15, 0.2) is 0 Å². The van der Waals surface area contributed by atoms with Crippen LogP contribution in [0.2, 0.25) is 0 Å². The molecule has 0 aliphatic heterocycles. The van der Waals surface area contributed by atoms with Gasteiger partial charge in [0.25, 0.3) is 0 Å². The zero-order valence-corrected chi connectivity index (χ0v) is 15.5. The van der Waals surface area contributed by atoms with Crippen molar-refractivity contribution in [2.75, 3.05) is 25.7 Å². The summed E-state index contributed by atoms with van der Waals surface area (Å²) in [6.45, 7) is 22.0. The first-order valence-corrected chi connectivity index (χ1v) is 10.8. The van der Waals surface area contributed by atoms with Crippen molar-refractivity contribution in [1.29, 1.82) is 0 Å². The van der Waals surface area contributed by atoms with Crippen molar-refractivity contribution < 1.29 is 0 Å². The van der Waals surface area contributed by atoms with Crippen molar-refractivity contribution in [3.05, 3.63) is 0 Å². The lowest BCUT2D eigenvalue weighted by Crippen LogP contribution is -2.23. The largest absolute Gasteiger partial charge is 0.0649 e. The SMILES string of the molecule is CCC(C)(C)CC(C)C[P+](C)(C)CC(C)(C)CC. The fraction of sp³-hybridized carbons (Fsp3) is 1.00. The highest BCUT2D eigenvalue weighted by Gasteiger charge is 2.35. The Balaban J connectivity index is 4.40. The molecule has 0 N–H and O–H groups in total. The molecule has 0 bridgehead atoms. The topological polar surface area (TPSA) is 0 Å². The Kier molecular flexibility index (Phi) is 6.90. The molecular formula is C17H38P+. The average Bonchev–Trinajstić information content (AvgIpc) is 2.14. The van der Waals surface area contributed by atoms with Crippen LogP contribution in [0.25, 0.3) is 0 Å². The van der Waals surface area contributed by atoms with Gasteiger partial charge in [-0.2, -0.15) is 0 Å². The van der Waals surface area contributed by atoms with Crippen LogP contribution in [-0.4, -0.2) is 25.7 Å². The van der Waals surface area contributed by atoms with Crippen LogP contribution in [0.3, 0.4) is 0 Å². The van der Waals surface area contributed by atoms with E-state index in [2.05, 4.69) is 61.8 Å². The van der Waals surface area contributed by atoms with Crippen LogP contribution in [-0.2, 0) is 0 Å². The third-order valence-electron chi connectivity index (χ3n) is 4.48. The molecule has 1 heteroatoms. The molecule has 0 rings (SSSR count). The van der Waals surface area contributed by atoms with Gasteiger partial charge in [0.05, 0.1) is 12.3 Å². The maximum atomic E-state index is 2.57. The highest BCUT2D eigenvalue weighted by Crippen LogP contribution is 2.57. The van der Waals surface area contributed by atoms with Gasteiger partial charge in [0.15, 0.2) is 0 Å². The summed E-state index contributed by atoms with van der Waals surface area (Å²) in [4.78, 5) is 0. The summed E-state index contributed by atoms with van der Waals surface area (Å²) < 4.78 is 0. The Hall–Kier alpha value is 0.430. The van der Waals surface area contributed by atoms with E-state index in [0.29, 0.717) is 10.8 Å². The molecule has 1 unspecified atom stereocenters. The Morgan fingerprint density at radius 1 is 0.889 bits per heavy atom. The van der Waals surface area contributed by atoms with E-state index < -0.39 is 7.26 Å². The van der Waals surface area contributed by atoms with Gasteiger partial charge in [0, 0.05) is 20.6 Å². The van der Waals surface area contributed by atoms with Gasteiger partial charge < -0.3 is 0 Å². The molecule has 0 saturated carbocycles. The van der Waals surface area contributed by atoms with Gasteiger partial charge in [-0.05, 0) is 29.6 Å². The van der Waals surface area contributed by atoms with Crippen LogP contribution in [0.5, 0.6) is 0 Å². The van der Waals surface area contributed by atoms with Crippen molar-refractivity contribution in [3.63, 3.8) is 0 Å². The van der Waals surface area contributed by atoms with Crippen LogP contribution >= 0.6 is 7.26 Å². The summed E-state index contributed by atoms with van der Waals surface area (Å²) in [5.41, 5.74) is 1.07. The van der Waals surface area contributed by atoms with Crippen LogP contribution < -0.4 is 0 Å². The summed E-state index contributed by atoms with van der Waals surface area (Å²) in [6.07, 6.45) is 6.93. The van der Waals surface area contributed by atoms with Crippen LogP contribution in [0.1, 0.15) is 67.7 Å². The van der Waals surface area contributed by atoms with Crippen molar-refractivity contribution in [2.45, 2.75) is 67.7 Å². The summed E-state index contributed by atoms with van der Waals surface area (Å²) in [5.74, 6) is 0.885. The molecule has 0 heterocycles. The van der Waals surface area contributed by atoms with Crippen LogP contribution in [0, 0.1) is 16.7 Å². The third-order valence-corrected chi connectivity index (χ3v) is 7.80. The minimum atomic E-state index is -0.733. The fourth-order valence-corrected chi connectivity index (χ4v) is 7.82. The third kappa shape index (κ3) is 7.78. The summed E-state index contributed by atoms with van der Waals surface area (Å²) >= 11 is 0. The number of hydrogen-bond donors (Lipinski definition) is 0. The second-order valence-corrected chi connectivity index (χ2v) is 13.2. The second-order valence-electron chi connectivity index (χ2n) is 8.62. The van der Waals surface area contributed by atoms with Gasteiger partial charge in [-0.15, -0.1) is 0 Å². The molecule has 0 aromatic heterocycles. The van der Waals surface area contributed by atoms with Crippen molar-refractivity contribution in [2.24, 2.45) is 16.7 Å². The normalized spacial score (nSPS) is 15.8. The molecule has 0 spiro atoms. The van der Waals surface area contributed by atoms with Gasteiger partial charge in [-0.25, -0.2) is 0 Å². The minimum absolute atomic E-state index is 0.527. The molecule has 0 aromatic rings. The highest BCUT2D eigenvalue weighted by molar-refractivity contribution is 7.74. The first kappa shape index (κ1) is 18.4. The van der Waals surface area contributed by atoms with E-state index in [1.54, 1.807) is 0 Å². The van der Waals surface area contributed by atoms with E-state index in [1.807, 2.05) is 0 Å². The maximum absolute atomic E-state index is 2.57. The van der Waals surface area contributed by atoms with Crippen molar-refractivity contribution in [3.8, 4) is 0 Å². The van der Waals surface area contributed by atoms with Gasteiger partial charge in [0.2, 0.25) is 0 Å². The lowest BCUT2D eigenvalue weighted by Gasteiger charge is -2.33. The lowest BCUT2D eigenvalue weighted by atomic mass is 9.82. The first-order chi connectivity index (χ1) is 7.93. The Morgan fingerprint density at radius 2 is 1.33 bits per heavy atom. The molecular weight excluding hydrogens is 235 g/mol. The van der Waals surface area contributed by atoms with E-state index in [1.165, 1.54) is 31.6 Å². The first-order valence-electron chi connectivity index (χ1n) is 7.75. The fourth-order valence-electron chi connectivity index (χ4n) is 3.33. The molecule has 0 nitrogen and oxygen atoms in total. The Bertz CT molecular complexity index is 238. The molecule has 0 fully saturated rings. The molecule has 0 aliphatic rings. The standard InChI is InChI=1S/C17H38P/c1-10-16(4,5)12-15(3)13-18(8,9)14-17(6,7)11-2/h15H,10-14H2,1-9H3/q+1. The van der Waals surface area contributed by atoms with Gasteiger partial charge in [0.1, 0.15) is 0 Å². The molecule has 0 aliphatic carbocycles. The predicted molar refractivity (Wildman–Crippen MR) is 90.4 cm³/mol. The Morgan fingerprint density at radius 3 is 1.72 bits per heavy atom. The van der Waals surface area contributed by atoms with E-state index in [0.717, 1.165) is 5.92 Å². The van der Waals surface area contributed by atoms with Crippen molar-refractivity contribution in [1.82, 2.24) is 0 Å². The maximum Gasteiger partial charge on any atom is 0.0639 e. The second kappa shape index (κ2) is 6.74. The van der Waals surface area contributed by atoms with Crippen LogP contribution in [0.4, 0.5) is 0 Å². The number of rotatable bonds is 8. The molecule has 0 saturated heterocycles. The van der Waals surface area contributed by atoms with Crippen molar-refractivity contribution >= 4 is 7.26 Å². The monoisotopic (exact) mass is 273 g/mol. The zero-order chi connectivity index (χ0) is 14.6. The quantitative estimate of drug-likeness (QED) is 0.464. The summed E-state index contributed by atoms with van der Waals surface area (Å²) in [5, 5.41) is 0. The molecule has 110 valence electrons. The van der Waals surface area contributed by atoms with E-state index >= 15 is 0 Å². The van der Waals surface area contributed by atoms with Gasteiger partial charge >= 0.3 is 0 Å². The lowest BCUT2D eigenvalue weighted by molar-refractivity contribution is 0.278. The molecule has 0 aromatic carbocycles. The van der Waals surface area contributed by atoms with Gasteiger partial charge in [-0.3, -0.25) is 0 Å². The predicted octanol–water partition coefficient (Wildman–Crippen LogP) is 6.16. The summed E-state index contributed by atoms with van der Waals surface area (Å²) in [6, 6.07) is 0. The Labute approximate surface area is 118 Å². The highest BCUT2D eigenvalue weighted by atomic mass is 31.2. The van der Waals surface area contributed by atoms with Gasteiger partial charge in [-0.1, -0.05) is 54.9 Å². The smallest absolute Gasteiger partial charge is 0.0639 e. The number of hydrogen-bond acceptors (Lipinski definition) is 0.